The number of piperidine rings is 1. The molecule has 2 aliphatic rings. The number of carbonyl (C=O) groups excluding carboxylic acids is 1. The van der Waals surface area contributed by atoms with Gasteiger partial charge in [0.05, 0.1) is 5.75 Å². The lowest BCUT2D eigenvalue weighted by molar-refractivity contribution is -0.123. The van der Waals surface area contributed by atoms with Gasteiger partial charge in [-0.05, 0) is 43.9 Å². The molecule has 0 spiro atoms. The van der Waals surface area contributed by atoms with Crippen LogP contribution in [0.1, 0.15) is 25.3 Å². The summed E-state index contributed by atoms with van der Waals surface area (Å²) < 4.78 is 38.7. The predicted octanol–water partition coefficient (Wildman–Crippen LogP) is 1.78. The molecule has 0 N–H and O–H groups in total. The molecule has 1 aromatic rings. The zero-order chi connectivity index (χ0) is 16.6. The van der Waals surface area contributed by atoms with E-state index in [4.69, 9.17) is 0 Å². The summed E-state index contributed by atoms with van der Waals surface area (Å²) in [4.78, 5) is 14.4. The lowest BCUT2D eigenvalue weighted by Gasteiger charge is -2.32. The minimum absolute atomic E-state index is 0.0112. The van der Waals surface area contributed by atoms with Gasteiger partial charge in [-0.1, -0.05) is 6.07 Å². The number of nitrogens with zero attached hydrogens (tertiary/aromatic N) is 2. The molecule has 1 aromatic carbocycles. The van der Waals surface area contributed by atoms with Gasteiger partial charge in [-0.3, -0.25) is 4.79 Å². The first-order valence-corrected chi connectivity index (χ1v) is 9.61. The van der Waals surface area contributed by atoms with Crippen molar-refractivity contribution in [3.63, 3.8) is 0 Å². The molecule has 1 saturated heterocycles. The number of anilines is 1. The summed E-state index contributed by atoms with van der Waals surface area (Å²) in [6, 6.07) is 4.56. The van der Waals surface area contributed by atoms with Crippen molar-refractivity contribution in [2.45, 2.75) is 26.2 Å². The van der Waals surface area contributed by atoms with Crippen molar-refractivity contribution in [3.8, 4) is 0 Å². The first-order valence-electron chi connectivity index (χ1n) is 8.00. The maximum Gasteiger partial charge on any atom is 0.230 e. The maximum absolute atomic E-state index is 13.5. The number of carbonyl (C=O) groups is 1. The van der Waals surface area contributed by atoms with E-state index in [2.05, 4.69) is 0 Å². The molecule has 7 heteroatoms. The second-order valence-electron chi connectivity index (χ2n) is 6.09. The van der Waals surface area contributed by atoms with Crippen LogP contribution in [-0.4, -0.2) is 44.0 Å². The van der Waals surface area contributed by atoms with E-state index in [1.54, 1.807) is 17.9 Å². The van der Waals surface area contributed by atoms with Crippen LogP contribution < -0.4 is 4.90 Å². The van der Waals surface area contributed by atoms with Crippen molar-refractivity contribution in [1.29, 1.82) is 0 Å². The minimum Gasteiger partial charge on any atom is -0.311 e. The van der Waals surface area contributed by atoms with E-state index in [-0.39, 0.29) is 23.4 Å². The fourth-order valence-corrected chi connectivity index (χ4v) is 4.50. The summed E-state index contributed by atoms with van der Waals surface area (Å²) in [7, 11) is -3.18. The van der Waals surface area contributed by atoms with E-state index in [9.17, 15) is 17.6 Å². The average molecular weight is 340 g/mol. The number of halogens is 1. The normalized spacial score (nSPS) is 19.8. The summed E-state index contributed by atoms with van der Waals surface area (Å²) in [5, 5.41) is 0. The van der Waals surface area contributed by atoms with E-state index in [0.29, 0.717) is 38.2 Å². The van der Waals surface area contributed by atoms with E-state index in [1.165, 1.54) is 16.4 Å². The van der Waals surface area contributed by atoms with Gasteiger partial charge in [0.15, 0.2) is 0 Å². The van der Waals surface area contributed by atoms with Crippen molar-refractivity contribution >= 4 is 21.6 Å². The molecular weight excluding hydrogens is 319 g/mol. The predicted molar refractivity (Wildman–Crippen MR) is 86.2 cm³/mol. The third kappa shape index (κ3) is 3.12. The lowest BCUT2D eigenvalue weighted by Crippen LogP contribution is -2.44. The van der Waals surface area contributed by atoms with Gasteiger partial charge in [-0.2, -0.15) is 0 Å². The molecule has 0 saturated carbocycles. The lowest BCUT2D eigenvalue weighted by atomic mass is 9.96. The highest BCUT2D eigenvalue weighted by atomic mass is 32.2. The Morgan fingerprint density at radius 3 is 2.61 bits per heavy atom. The van der Waals surface area contributed by atoms with Crippen molar-refractivity contribution in [1.82, 2.24) is 4.31 Å². The van der Waals surface area contributed by atoms with E-state index in [0.717, 1.165) is 12.0 Å². The Bertz CT molecular complexity index is 712. The van der Waals surface area contributed by atoms with Crippen LogP contribution in [-0.2, 0) is 21.2 Å². The topological polar surface area (TPSA) is 57.7 Å². The Morgan fingerprint density at radius 1 is 1.26 bits per heavy atom. The SMILES string of the molecule is CCS(=O)(=O)N1CCC(C(=O)N2CCc3ccc(F)cc32)CC1. The van der Waals surface area contributed by atoms with Gasteiger partial charge in [-0.15, -0.1) is 0 Å². The molecule has 2 heterocycles. The number of hydrogen-bond donors (Lipinski definition) is 0. The number of amides is 1. The third-order valence-electron chi connectivity index (χ3n) is 4.77. The second-order valence-corrected chi connectivity index (χ2v) is 8.34. The number of sulfonamides is 1. The van der Waals surface area contributed by atoms with Crippen molar-refractivity contribution in [2.75, 3.05) is 30.3 Å². The molecule has 1 amide bonds. The van der Waals surface area contributed by atoms with Crippen LogP contribution in [0.4, 0.5) is 10.1 Å². The number of rotatable bonds is 3. The monoisotopic (exact) mass is 340 g/mol. The molecule has 126 valence electrons. The van der Waals surface area contributed by atoms with Gasteiger partial charge in [0.1, 0.15) is 5.82 Å². The molecule has 0 aromatic heterocycles. The Morgan fingerprint density at radius 2 is 1.96 bits per heavy atom. The summed E-state index contributed by atoms with van der Waals surface area (Å²) in [5.74, 6) is -0.451. The van der Waals surface area contributed by atoms with Gasteiger partial charge in [0.25, 0.3) is 0 Å². The molecule has 1 fully saturated rings. The van der Waals surface area contributed by atoms with Crippen LogP contribution in [0, 0.1) is 11.7 Å². The highest BCUT2D eigenvalue weighted by Gasteiger charge is 2.34. The molecule has 0 atom stereocenters. The molecule has 0 bridgehead atoms. The third-order valence-corrected chi connectivity index (χ3v) is 6.65. The van der Waals surface area contributed by atoms with Crippen LogP contribution in [0.5, 0.6) is 0 Å². The highest BCUT2D eigenvalue weighted by molar-refractivity contribution is 7.89. The van der Waals surface area contributed by atoms with Crippen molar-refractivity contribution in [3.05, 3.63) is 29.6 Å². The van der Waals surface area contributed by atoms with Crippen LogP contribution in [0.3, 0.4) is 0 Å². The number of hydrogen-bond acceptors (Lipinski definition) is 3. The van der Waals surface area contributed by atoms with Crippen LogP contribution >= 0.6 is 0 Å². The van der Waals surface area contributed by atoms with E-state index >= 15 is 0 Å². The number of fused-ring (bicyclic) bond motifs is 1. The molecule has 5 nitrogen and oxygen atoms in total. The van der Waals surface area contributed by atoms with Gasteiger partial charge in [0.2, 0.25) is 15.9 Å². The van der Waals surface area contributed by atoms with Crippen LogP contribution in [0.15, 0.2) is 18.2 Å². The molecule has 0 unspecified atom stereocenters. The Balaban J connectivity index is 1.69. The van der Waals surface area contributed by atoms with Gasteiger partial charge < -0.3 is 4.90 Å². The minimum atomic E-state index is -3.18. The fraction of sp³-hybridized carbons (Fsp3) is 0.562. The van der Waals surface area contributed by atoms with Crippen molar-refractivity contribution < 1.29 is 17.6 Å². The van der Waals surface area contributed by atoms with Crippen molar-refractivity contribution in [2.24, 2.45) is 5.92 Å². The highest BCUT2D eigenvalue weighted by Crippen LogP contribution is 2.32. The summed E-state index contributed by atoms with van der Waals surface area (Å²) in [6.45, 7) is 2.97. The van der Waals surface area contributed by atoms with Gasteiger partial charge in [0, 0.05) is 31.2 Å². The first kappa shape index (κ1) is 16.4. The summed E-state index contributed by atoms with van der Waals surface area (Å²) in [6.07, 6.45) is 1.79. The van der Waals surface area contributed by atoms with Gasteiger partial charge in [-0.25, -0.2) is 17.1 Å². The second kappa shape index (κ2) is 6.20. The molecule has 3 rings (SSSR count). The average Bonchev–Trinajstić information content (AvgIpc) is 2.97. The molecule has 0 aliphatic carbocycles. The van der Waals surface area contributed by atoms with Crippen LogP contribution in [0.2, 0.25) is 0 Å². The maximum atomic E-state index is 13.5. The Kier molecular flexibility index (Phi) is 4.42. The fourth-order valence-electron chi connectivity index (χ4n) is 3.37. The Hall–Kier alpha value is -1.47. The quantitative estimate of drug-likeness (QED) is 0.843. The molecule has 0 radical (unpaired) electrons. The summed E-state index contributed by atoms with van der Waals surface area (Å²) in [5.41, 5.74) is 1.66. The molecule has 2 aliphatic heterocycles. The van der Waals surface area contributed by atoms with Crippen LogP contribution in [0.25, 0.3) is 0 Å². The van der Waals surface area contributed by atoms with E-state index < -0.39 is 10.0 Å². The zero-order valence-electron chi connectivity index (χ0n) is 13.2. The number of benzene rings is 1. The van der Waals surface area contributed by atoms with E-state index in [1.807, 2.05) is 0 Å². The largest absolute Gasteiger partial charge is 0.311 e. The standard InChI is InChI=1S/C16H21FN2O3S/c1-2-23(21,22)18-8-5-13(6-9-18)16(20)19-10-7-12-3-4-14(17)11-15(12)19/h3-4,11,13H,2,5-10H2,1H3. The van der Waals surface area contributed by atoms with Gasteiger partial charge >= 0.3 is 0 Å². The summed E-state index contributed by atoms with van der Waals surface area (Å²) >= 11 is 0. The molecule has 23 heavy (non-hydrogen) atoms. The zero-order valence-corrected chi connectivity index (χ0v) is 14.0. The first-order chi connectivity index (χ1) is 10.9. The Labute approximate surface area is 136 Å². The smallest absolute Gasteiger partial charge is 0.230 e. The molecular formula is C16H21FN2O3S.